The van der Waals surface area contributed by atoms with Crippen molar-refractivity contribution in [1.29, 1.82) is 5.26 Å². The Labute approximate surface area is 114 Å². The summed E-state index contributed by atoms with van der Waals surface area (Å²) in [6.45, 7) is 4.28. The van der Waals surface area contributed by atoms with Gasteiger partial charge in [-0.1, -0.05) is 0 Å². The molecule has 0 saturated carbocycles. The van der Waals surface area contributed by atoms with E-state index in [1.165, 1.54) is 0 Å². The number of rotatable bonds is 5. The highest BCUT2D eigenvalue weighted by atomic mass is 16.2. The number of anilines is 2. The van der Waals surface area contributed by atoms with Gasteiger partial charge in [-0.25, -0.2) is 0 Å². The number of nitrogens with zero attached hydrogens (tertiary/aromatic N) is 2. The molecule has 1 aromatic carbocycles. The van der Waals surface area contributed by atoms with Crippen molar-refractivity contribution in [2.24, 2.45) is 0 Å². The summed E-state index contributed by atoms with van der Waals surface area (Å²) in [6.07, 6.45) is 0.321. The highest BCUT2D eigenvalue weighted by Gasteiger charge is 2.21. The summed E-state index contributed by atoms with van der Waals surface area (Å²) in [5, 5.41) is 11.7. The first-order valence-electron chi connectivity index (χ1n) is 6.26. The molecular weight excluding hydrogens is 240 g/mol. The number of nitrogens with one attached hydrogen (secondary N) is 1. The van der Waals surface area contributed by atoms with E-state index in [9.17, 15) is 4.79 Å². The monoisotopic (exact) mass is 260 g/mol. The van der Waals surface area contributed by atoms with Gasteiger partial charge in [-0.05, 0) is 32.0 Å². The van der Waals surface area contributed by atoms with E-state index in [0.717, 1.165) is 5.69 Å². The second-order valence-corrected chi connectivity index (χ2v) is 4.56. The van der Waals surface area contributed by atoms with Crippen LogP contribution in [0.25, 0.3) is 0 Å². The first-order valence-corrected chi connectivity index (χ1v) is 6.26. The van der Waals surface area contributed by atoms with E-state index in [4.69, 9.17) is 11.0 Å². The van der Waals surface area contributed by atoms with Crippen molar-refractivity contribution in [1.82, 2.24) is 4.90 Å². The quantitative estimate of drug-likeness (QED) is 0.794. The zero-order chi connectivity index (χ0) is 14.4. The molecule has 5 heteroatoms. The van der Waals surface area contributed by atoms with Crippen molar-refractivity contribution < 1.29 is 4.79 Å². The molecule has 5 nitrogen and oxygen atoms in total. The van der Waals surface area contributed by atoms with Gasteiger partial charge in [0.25, 0.3) is 5.91 Å². The van der Waals surface area contributed by atoms with Crippen molar-refractivity contribution in [3.8, 4) is 6.07 Å². The molecule has 0 bridgehead atoms. The normalized spacial score (nSPS) is 10.1. The molecule has 1 amide bonds. The van der Waals surface area contributed by atoms with Gasteiger partial charge in [0.1, 0.15) is 0 Å². The Kier molecular flexibility index (Phi) is 5.19. The number of nitrogen functional groups attached to an aromatic ring is 1. The van der Waals surface area contributed by atoms with Crippen LogP contribution in [0, 0.1) is 11.3 Å². The third kappa shape index (κ3) is 3.62. The molecule has 0 fully saturated rings. The van der Waals surface area contributed by atoms with Gasteiger partial charge in [0.15, 0.2) is 0 Å². The fraction of sp³-hybridized carbons (Fsp3) is 0.429. The van der Waals surface area contributed by atoms with Crippen LogP contribution < -0.4 is 11.1 Å². The summed E-state index contributed by atoms with van der Waals surface area (Å²) >= 11 is 0. The molecule has 0 unspecified atom stereocenters. The van der Waals surface area contributed by atoms with Gasteiger partial charge in [0, 0.05) is 31.0 Å². The lowest BCUT2D eigenvalue weighted by Crippen LogP contribution is -2.38. The summed E-state index contributed by atoms with van der Waals surface area (Å²) in [7, 11) is 1.76. The predicted molar refractivity (Wildman–Crippen MR) is 76.8 cm³/mol. The lowest BCUT2D eigenvalue weighted by atomic mass is 10.1. The Morgan fingerprint density at radius 1 is 1.53 bits per heavy atom. The van der Waals surface area contributed by atoms with Gasteiger partial charge in [0.05, 0.1) is 18.1 Å². The number of nitriles is 1. The Bertz CT molecular complexity index is 491. The van der Waals surface area contributed by atoms with E-state index in [1.807, 2.05) is 13.8 Å². The molecule has 0 radical (unpaired) electrons. The predicted octanol–water partition coefficient (Wildman–Crippen LogP) is 2.07. The van der Waals surface area contributed by atoms with Crippen LogP contribution in [0.1, 0.15) is 30.6 Å². The van der Waals surface area contributed by atoms with Crippen LogP contribution in [0.5, 0.6) is 0 Å². The number of carbonyl (C=O) groups excluding carboxylic acids is 1. The molecule has 1 rings (SSSR count). The average Bonchev–Trinajstić information content (AvgIpc) is 2.38. The third-order valence-corrected chi connectivity index (χ3v) is 2.89. The summed E-state index contributed by atoms with van der Waals surface area (Å²) in [6, 6.07) is 7.29. The standard InChI is InChI=1S/C14H20N4O/c1-10(2)18(8-4-7-15)14(19)12-9-11(16)5-6-13(12)17-3/h5-6,9-10,17H,4,8,16H2,1-3H3. The van der Waals surface area contributed by atoms with Crippen LogP contribution in [0.2, 0.25) is 0 Å². The summed E-state index contributed by atoms with van der Waals surface area (Å²) in [4.78, 5) is 14.2. The maximum atomic E-state index is 12.5. The van der Waals surface area contributed by atoms with Gasteiger partial charge in [-0.15, -0.1) is 0 Å². The molecule has 0 saturated heterocycles. The molecule has 3 N–H and O–H groups in total. The van der Waals surface area contributed by atoms with E-state index >= 15 is 0 Å². The largest absolute Gasteiger partial charge is 0.399 e. The molecule has 0 aliphatic carbocycles. The summed E-state index contributed by atoms with van der Waals surface area (Å²) < 4.78 is 0. The minimum atomic E-state index is -0.109. The Hall–Kier alpha value is -2.22. The lowest BCUT2D eigenvalue weighted by Gasteiger charge is -2.27. The Morgan fingerprint density at radius 3 is 2.74 bits per heavy atom. The molecule has 0 aromatic heterocycles. The highest BCUT2D eigenvalue weighted by Crippen LogP contribution is 2.21. The van der Waals surface area contributed by atoms with Crippen LogP contribution in [-0.2, 0) is 0 Å². The van der Waals surface area contributed by atoms with Gasteiger partial charge in [0.2, 0.25) is 0 Å². The van der Waals surface area contributed by atoms with E-state index in [1.54, 1.807) is 30.1 Å². The van der Waals surface area contributed by atoms with Crippen molar-refractivity contribution in [2.75, 3.05) is 24.6 Å². The van der Waals surface area contributed by atoms with Crippen molar-refractivity contribution in [3.05, 3.63) is 23.8 Å². The van der Waals surface area contributed by atoms with Crippen LogP contribution in [0.3, 0.4) is 0 Å². The van der Waals surface area contributed by atoms with Gasteiger partial charge in [-0.3, -0.25) is 4.79 Å². The van der Waals surface area contributed by atoms with E-state index in [2.05, 4.69) is 11.4 Å². The van der Waals surface area contributed by atoms with Crippen LogP contribution >= 0.6 is 0 Å². The average molecular weight is 260 g/mol. The lowest BCUT2D eigenvalue weighted by molar-refractivity contribution is 0.0711. The van der Waals surface area contributed by atoms with Crippen molar-refractivity contribution in [2.45, 2.75) is 26.3 Å². The molecule has 19 heavy (non-hydrogen) atoms. The van der Waals surface area contributed by atoms with Gasteiger partial charge in [-0.2, -0.15) is 5.26 Å². The first kappa shape index (κ1) is 14.8. The Morgan fingerprint density at radius 2 is 2.21 bits per heavy atom. The molecule has 102 valence electrons. The maximum Gasteiger partial charge on any atom is 0.256 e. The number of amides is 1. The molecule has 1 aromatic rings. The van der Waals surface area contributed by atoms with Crippen molar-refractivity contribution in [3.63, 3.8) is 0 Å². The Balaban J connectivity index is 3.09. The fourth-order valence-electron chi connectivity index (χ4n) is 1.88. The molecule has 0 spiro atoms. The molecule has 0 atom stereocenters. The minimum absolute atomic E-state index is 0.0342. The number of nitrogens with two attached hydrogens (primary N) is 1. The maximum absolute atomic E-state index is 12.5. The first-order chi connectivity index (χ1) is 9.01. The van der Waals surface area contributed by atoms with E-state index in [0.29, 0.717) is 24.2 Å². The molecular formula is C14H20N4O. The van der Waals surface area contributed by atoms with Crippen molar-refractivity contribution >= 4 is 17.3 Å². The summed E-state index contributed by atoms with van der Waals surface area (Å²) in [5.74, 6) is -0.109. The fourth-order valence-corrected chi connectivity index (χ4v) is 1.88. The number of benzene rings is 1. The SMILES string of the molecule is CNc1ccc(N)cc1C(=O)N(CCC#N)C(C)C. The van der Waals surface area contributed by atoms with Gasteiger partial charge >= 0.3 is 0 Å². The van der Waals surface area contributed by atoms with E-state index in [-0.39, 0.29) is 11.9 Å². The number of hydrogen-bond donors (Lipinski definition) is 2. The zero-order valence-electron chi connectivity index (χ0n) is 11.6. The zero-order valence-corrected chi connectivity index (χ0v) is 11.6. The topological polar surface area (TPSA) is 82.2 Å². The molecule has 0 aliphatic rings. The number of carbonyl (C=O) groups is 1. The smallest absolute Gasteiger partial charge is 0.256 e. The summed E-state index contributed by atoms with van der Waals surface area (Å²) in [5.41, 5.74) is 7.57. The molecule has 0 aliphatic heterocycles. The minimum Gasteiger partial charge on any atom is -0.399 e. The van der Waals surface area contributed by atoms with E-state index < -0.39 is 0 Å². The molecule has 0 heterocycles. The third-order valence-electron chi connectivity index (χ3n) is 2.89. The second-order valence-electron chi connectivity index (χ2n) is 4.56. The van der Waals surface area contributed by atoms with Gasteiger partial charge < -0.3 is 16.0 Å². The van der Waals surface area contributed by atoms with Crippen LogP contribution in [0.15, 0.2) is 18.2 Å². The highest BCUT2D eigenvalue weighted by molar-refractivity contribution is 6.00. The second kappa shape index (κ2) is 6.64. The number of hydrogen-bond acceptors (Lipinski definition) is 4. The van der Waals surface area contributed by atoms with Crippen LogP contribution in [0.4, 0.5) is 11.4 Å². The van der Waals surface area contributed by atoms with Crippen LogP contribution in [-0.4, -0.2) is 30.4 Å².